The number of aryl methyl sites for hydroxylation is 1. The van der Waals surface area contributed by atoms with Crippen LogP contribution in [0.15, 0.2) is 16.8 Å². The van der Waals surface area contributed by atoms with E-state index in [1.54, 1.807) is 11.3 Å². The lowest BCUT2D eigenvalue weighted by Crippen LogP contribution is -1.98. The van der Waals surface area contributed by atoms with Gasteiger partial charge in [-0.2, -0.15) is 0 Å². The maximum atomic E-state index is 5.66. The first-order valence-corrected chi connectivity index (χ1v) is 8.00. The third-order valence-corrected chi connectivity index (χ3v) is 4.06. The Morgan fingerprint density at radius 1 is 1.35 bits per heavy atom. The van der Waals surface area contributed by atoms with E-state index in [9.17, 15) is 0 Å². The monoisotopic (exact) mass is 289 g/mol. The van der Waals surface area contributed by atoms with Crippen molar-refractivity contribution < 1.29 is 4.42 Å². The largest absolute Gasteiger partial charge is 0.442 e. The number of hydrogen-bond donors (Lipinski definition) is 1. The maximum absolute atomic E-state index is 5.66. The molecule has 1 aliphatic rings. The van der Waals surface area contributed by atoms with Crippen molar-refractivity contribution in [1.82, 2.24) is 9.97 Å². The molecule has 0 aromatic carbocycles. The smallest absolute Gasteiger partial charge is 0.218 e. The van der Waals surface area contributed by atoms with E-state index in [2.05, 4.69) is 22.2 Å². The Kier molecular flexibility index (Phi) is 4.16. The number of oxazole rings is 1. The van der Waals surface area contributed by atoms with Gasteiger partial charge in [0.15, 0.2) is 5.13 Å². The quantitative estimate of drug-likeness (QED) is 0.829. The molecular formula is C15H19N3OS. The highest BCUT2D eigenvalue weighted by molar-refractivity contribution is 7.16. The Labute approximate surface area is 123 Å². The van der Waals surface area contributed by atoms with Gasteiger partial charge in [-0.25, -0.2) is 9.97 Å². The first kappa shape index (κ1) is 13.4. The number of anilines is 1. The predicted octanol–water partition coefficient (Wildman–Crippen LogP) is 4.22. The minimum atomic E-state index is 0.644. The molecule has 0 bridgehead atoms. The molecule has 2 heterocycles. The highest BCUT2D eigenvalue weighted by Crippen LogP contribution is 2.28. The summed E-state index contributed by atoms with van der Waals surface area (Å²) in [6.07, 6.45) is 13.4. The molecule has 0 radical (unpaired) electrons. The van der Waals surface area contributed by atoms with E-state index in [1.807, 2.05) is 24.5 Å². The zero-order valence-corrected chi connectivity index (χ0v) is 12.4. The van der Waals surface area contributed by atoms with Crippen LogP contribution in [-0.4, -0.2) is 16.0 Å². The van der Waals surface area contributed by atoms with Crippen molar-refractivity contribution in [3.8, 4) is 0 Å². The van der Waals surface area contributed by atoms with Crippen molar-refractivity contribution in [2.75, 3.05) is 5.32 Å². The standard InChI is InChI=1S/C15H19N3OS/c1-2-3-4-12-9-16-14(19-12)8-7-13-10-17-15(20-13)18-11-5-6-11/h7-11H,2-6H2,1H3,(H,17,18)/b8-7+. The van der Waals surface area contributed by atoms with Crippen LogP contribution in [0.1, 0.15) is 49.1 Å². The molecule has 106 valence electrons. The number of hydrogen-bond acceptors (Lipinski definition) is 5. The summed E-state index contributed by atoms with van der Waals surface area (Å²) in [7, 11) is 0. The molecule has 4 nitrogen and oxygen atoms in total. The van der Waals surface area contributed by atoms with Crippen LogP contribution in [0.2, 0.25) is 0 Å². The van der Waals surface area contributed by atoms with Crippen molar-refractivity contribution in [3.63, 3.8) is 0 Å². The van der Waals surface area contributed by atoms with Gasteiger partial charge in [0.05, 0.1) is 6.20 Å². The van der Waals surface area contributed by atoms with E-state index in [0.29, 0.717) is 11.9 Å². The fraction of sp³-hybridized carbons (Fsp3) is 0.467. The molecule has 2 aromatic rings. The van der Waals surface area contributed by atoms with Gasteiger partial charge in [-0.05, 0) is 25.3 Å². The van der Waals surface area contributed by atoms with Gasteiger partial charge < -0.3 is 9.73 Å². The first-order chi connectivity index (χ1) is 9.83. The van der Waals surface area contributed by atoms with Crippen LogP contribution in [0.25, 0.3) is 12.2 Å². The highest BCUT2D eigenvalue weighted by Gasteiger charge is 2.21. The molecule has 20 heavy (non-hydrogen) atoms. The second kappa shape index (κ2) is 6.22. The Balaban J connectivity index is 1.58. The van der Waals surface area contributed by atoms with Gasteiger partial charge in [-0.3, -0.25) is 0 Å². The van der Waals surface area contributed by atoms with E-state index >= 15 is 0 Å². The predicted molar refractivity (Wildman–Crippen MR) is 82.8 cm³/mol. The average molecular weight is 289 g/mol. The first-order valence-electron chi connectivity index (χ1n) is 7.18. The molecule has 1 N–H and O–H groups in total. The van der Waals surface area contributed by atoms with Crippen molar-refractivity contribution in [2.24, 2.45) is 0 Å². The van der Waals surface area contributed by atoms with Crippen LogP contribution in [0.5, 0.6) is 0 Å². The molecule has 1 fully saturated rings. The van der Waals surface area contributed by atoms with Gasteiger partial charge in [0.2, 0.25) is 5.89 Å². The number of unbranched alkanes of at least 4 members (excludes halogenated alkanes) is 1. The SMILES string of the molecule is CCCCc1cnc(/C=C/c2cnc(NC3CC3)s2)o1. The van der Waals surface area contributed by atoms with Gasteiger partial charge in [-0.15, -0.1) is 0 Å². The summed E-state index contributed by atoms with van der Waals surface area (Å²) in [6.45, 7) is 2.17. The molecule has 0 unspecified atom stereocenters. The molecule has 0 spiro atoms. The Bertz CT molecular complexity index is 583. The van der Waals surface area contributed by atoms with Gasteiger partial charge in [0.1, 0.15) is 5.76 Å². The minimum absolute atomic E-state index is 0.644. The number of rotatable bonds is 7. The van der Waals surface area contributed by atoms with Crippen molar-refractivity contribution in [2.45, 2.75) is 45.1 Å². The number of nitrogens with zero attached hydrogens (tertiary/aromatic N) is 2. The summed E-state index contributed by atoms with van der Waals surface area (Å²) in [5, 5.41) is 4.40. The van der Waals surface area contributed by atoms with E-state index < -0.39 is 0 Å². The van der Waals surface area contributed by atoms with E-state index in [0.717, 1.165) is 28.6 Å². The van der Waals surface area contributed by atoms with Crippen LogP contribution in [0.3, 0.4) is 0 Å². The summed E-state index contributed by atoms with van der Waals surface area (Å²) < 4.78 is 5.66. The third-order valence-electron chi connectivity index (χ3n) is 3.17. The molecule has 0 saturated heterocycles. The van der Waals surface area contributed by atoms with Crippen LogP contribution in [-0.2, 0) is 6.42 Å². The molecule has 0 amide bonds. The van der Waals surface area contributed by atoms with Gasteiger partial charge in [0, 0.05) is 29.6 Å². The molecule has 0 atom stereocenters. The van der Waals surface area contributed by atoms with Gasteiger partial charge in [-0.1, -0.05) is 24.7 Å². The Morgan fingerprint density at radius 2 is 2.25 bits per heavy atom. The lowest BCUT2D eigenvalue weighted by atomic mass is 10.2. The summed E-state index contributed by atoms with van der Waals surface area (Å²) in [4.78, 5) is 9.74. The van der Waals surface area contributed by atoms with E-state index in [-0.39, 0.29) is 0 Å². The Hall–Kier alpha value is -1.62. The van der Waals surface area contributed by atoms with E-state index in [4.69, 9.17) is 4.42 Å². The molecular weight excluding hydrogens is 270 g/mol. The Morgan fingerprint density at radius 3 is 3.05 bits per heavy atom. The van der Waals surface area contributed by atoms with Gasteiger partial charge in [0.25, 0.3) is 0 Å². The van der Waals surface area contributed by atoms with Crippen molar-refractivity contribution in [1.29, 1.82) is 0 Å². The lowest BCUT2D eigenvalue weighted by Gasteiger charge is -1.94. The number of thiazole rings is 1. The summed E-state index contributed by atoms with van der Waals surface area (Å²) >= 11 is 1.66. The zero-order valence-electron chi connectivity index (χ0n) is 11.6. The normalized spacial score (nSPS) is 15.1. The molecule has 2 aromatic heterocycles. The molecule has 0 aliphatic heterocycles. The summed E-state index contributed by atoms with van der Waals surface area (Å²) in [6, 6.07) is 0.644. The highest BCUT2D eigenvalue weighted by atomic mass is 32.1. The van der Waals surface area contributed by atoms with Crippen LogP contribution in [0.4, 0.5) is 5.13 Å². The van der Waals surface area contributed by atoms with Crippen LogP contribution < -0.4 is 5.32 Å². The fourth-order valence-corrected chi connectivity index (χ4v) is 2.65. The molecule has 1 aliphatic carbocycles. The third kappa shape index (κ3) is 3.70. The molecule has 5 heteroatoms. The van der Waals surface area contributed by atoms with Crippen LogP contribution >= 0.6 is 11.3 Å². The maximum Gasteiger partial charge on any atom is 0.218 e. The van der Waals surface area contributed by atoms with Crippen molar-refractivity contribution in [3.05, 3.63) is 28.9 Å². The topological polar surface area (TPSA) is 51.0 Å². The minimum Gasteiger partial charge on any atom is -0.442 e. The van der Waals surface area contributed by atoms with Crippen LogP contribution in [0, 0.1) is 0 Å². The molecule has 3 rings (SSSR count). The van der Waals surface area contributed by atoms with Gasteiger partial charge >= 0.3 is 0 Å². The van der Waals surface area contributed by atoms with E-state index in [1.165, 1.54) is 19.3 Å². The molecule has 1 saturated carbocycles. The summed E-state index contributed by atoms with van der Waals surface area (Å²) in [5.74, 6) is 1.63. The zero-order chi connectivity index (χ0) is 13.8. The summed E-state index contributed by atoms with van der Waals surface area (Å²) in [5.41, 5.74) is 0. The number of aromatic nitrogens is 2. The lowest BCUT2D eigenvalue weighted by molar-refractivity contribution is 0.487. The average Bonchev–Trinajstić information content (AvgIpc) is 2.98. The fourth-order valence-electron chi connectivity index (χ4n) is 1.85. The second-order valence-electron chi connectivity index (χ2n) is 5.09. The number of nitrogens with one attached hydrogen (secondary N) is 1. The van der Waals surface area contributed by atoms with Crippen molar-refractivity contribution >= 4 is 28.6 Å². The second-order valence-corrected chi connectivity index (χ2v) is 6.15.